The number of ether oxygens (including phenoxy) is 1. The maximum atomic E-state index is 11.6. The van der Waals surface area contributed by atoms with Crippen LogP contribution in [0.15, 0.2) is 60.7 Å². The van der Waals surface area contributed by atoms with Gasteiger partial charge in [0.25, 0.3) is 5.91 Å². The minimum atomic E-state index is -0.399. The average molecular weight is 297 g/mol. The van der Waals surface area contributed by atoms with Gasteiger partial charge in [-0.3, -0.25) is 9.59 Å². The lowest BCUT2D eigenvalue weighted by molar-refractivity contribution is -0.147. The standard InChI is InChI=1S/C18H19NO3/c20-17(19-12-11-15-7-3-1-4-8-15)14-22-18(21)13-16-9-5-2-6-10-16/h1-10H,11-14H2,(H,19,20). The van der Waals surface area contributed by atoms with Gasteiger partial charge in [0.05, 0.1) is 6.42 Å². The molecular formula is C18H19NO3. The number of hydrogen-bond donors (Lipinski definition) is 1. The lowest BCUT2D eigenvalue weighted by Gasteiger charge is -2.07. The van der Waals surface area contributed by atoms with Crippen molar-refractivity contribution in [3.8, 4) is 0 Å². The number of benzene rings is 2. The van der Waals surface area contributed by atoms with Gasteiger partial charge in [-0.15, -0.1) is 0 Å². The van der Waals surface area contributed by atoms with Crippen molar-refractivity contribution in [3.05, 3.63) is 71.8 Å². The number of esters is 1. The monoisotopic (exact) mass is 297 g/mol. The number of carbonyl (C=O) groups excluding carboxylic acids is 2. The van der Waals surface area contributed by atoms with E-state index in [1.54, 1.807) is 0 Å². The first-order valence-electron chi connectivity index (χ1n) is 7.24. The molecule has 0 spiro atoms. The zero-order valence-corrected chi connectivity index (χ0v) is 12.3. The Labute approximate surface area is 130 Å². The van der Waals surface area contributed by atoms with Crippen molar-refractivity contribution in [1.29, 1.82) is 0 Å². The van der Waals surface area contributed by atoms with Gasteiger partial charge in [-0.25, -0.2) is 0 Å². The van der Waals surface area contributed by atoms with E-state index in [-0.39, 0.29) is 18.9 Å². The molecule has 0 heterocycles. The van der Waals surface area contributed by atoms with Gasteiger partial charge >= 0.3 is 5.97 Å². The lowest BCUT2D eigenvalue weighted by atomic mass is 10.1. The van der Waals surface area contributed by atoms with Crippen LogP contribution in [0.4, 0.5) is 0 Å². The highest BCUT2D eigenvalue weighted by Crippen LogP contribution is 2.01. The van der Waals surface area contributed by atoms with Crippen LogP contribution in [0.25, 0.3) is 0 Å². The predicted octanol–water partition coefficient (Wildman–Crippen LogP) is 2.13. The molecule has 0 fully saturated rings. The maximum Gasteiger partial charge on any atom is 0.310 e. The third kappa shape index (κ3) is 5.79. The minimum Gasteiger partial charge on any atom is -0.455 e. The summed E-state index contributed by atoms with van der Waals surface area (Å²) in [5.41, 5.74) is 2.03. The molecule has 2 aromatic rings. The molecule has 0 radical (unpaired) electrons. The molecule has 0 saturated heterocycles. The maximum absolute atomic E-state index is 11.6. The van der Waals surface area contributed by atoms with Crippen LogP contribution < -0.4 is 5.32 Å². The van der Waals surface area contributed by atoms with Crippen molar-refractivity contribution in [2.75, 3.05) is 13.2 Å². The fourth-order valence-electron chi connectivity index (χ4n) is 2.00. The first-order chi connectivity index (χ1) is 10.7. The summed E-state index contributed by atoms with van der Waals surface area (Å²) in [6.07, 6.45) is 0.933. The van der Waals surface area contributed by atoms with Gasteiger partial charge in [0.2, 0.25) is 0 Å². The molecule has 4 nitrogen and oxygen atoms in total. The quantitative estimate of drug-likeness (QED) is 0.797. The lowest BCUT2D eigenvalue weighted by Crippen LogP contribution is -2.30. The Balaban J connectivity index is 1.62. The van der Waals surface area contributed by atoms with Crippen LogP contribution in [0, 0.1) is 0 Å². The fourth-order valence-corrected chi connectivity index (χ4v) is 2.00. The highest BCUT2D eigenvalue weighted by Gasteiger charge is 2.08. The average Bonchev–Trinajstić information content (AvgIpc) is 2.55. The van der Waals surface area contributed by atoms with E-state index >= 15 is 0 Å². The molecule has 0 saturated carbocycles. The van der Waals surface area contributed by atoms with Crippen LogP contribution in [0.3, 0.4) is 0 Å². The smallest absolute Gasteiger partial charge is 0.310 e. The third-order valence-electron chi connectivity index (χ3n) is 3.13. The van der Waals surface area contributed by atoms with Crippen molar-refractivity contribution in [3.63, 3.8) is 0 Å². The van der Waals surface area contributed by atoms with Crippen LogP contribution in [0.2, 0.25) is 0 Å². The summed E-state index contributed by atoms with van der Waals surface area (Å²) in [7, 11) is 0. The second-order valence-electron chi connectivity index (χ2n) is 4.91. The second kappa shape index (κ2) is 8.62. The second-order valence-corrected chi connectivity index (χ2v) is 4.91. The third-order valence-corrected chi connectivity index (χ3v) is 3.13. The molecule has 0 aliphatic rings. The molecule has 114 valence electrons. The van der Waals surface area contributed by atoms with Crippen molar-refractivity contribution in [1.82, 2.24) is 5.32 Å². The summed E-state index contributed by atoms with van der Waals surface area (Å²) in [4.78, 5) is 23.2. The van der Waals surface area contributed by atoms with Gasteiger partial charge in [-0.05, 0) is 17.5 Å². The Morgan fingerprint density at radius 2 is 1.45 bits per heavy atom. The van der Waals surface area contributed by atoms with Crippen LogP contribution >= 0.6 is 0 Å². The minimum absolute atomic E-state index is 0.179. The molecule has 2 aromatic carbocycles. The molecule has 2 rings (SSSR count). The van der Waals surface area contributed by atoms with Crippen molar-refractivity contribution in [2.24, 2.45) is 0 Å². The summed E-state index contributed by atoms with van der Waals surface area (Å²) in [6, 6.07) is 19.2. The van der Waals surface area contributed by atoms with Crippen molar-refractivity contribution < 1.29 is 14.3 Å². The normalized spacial score (nSPS) is 10.0. The zero-order valence-electron chi connectivity index (χ0n) is 12.3. The van der Waals surface area contributed by atoms with E-state index in [1.165, 1.54) is 0 Å². The Morgan fingerprint density at radius 1 is 0.864 bits per heavy atom. The van der Waals surface area contributed by atoms with Crippen LogP contribution in [-0.4, -0.2) is 25.0 Å². The Kier molecular flexibility index (Phi) is 6.18. The molecule has 1 amide bonds. The molecule has 0 aromatic heterocycles. The molecule has 0 unspecified atom stereocenters. The van der Waals surface area contributed by atoms with Crippen LogP contribution in [0.1, 0.15) is 11.1 Å². The highest BCUT2D eigenvalue weighted by atomic mass is 16.5. The molecule has 0 aliphatic heterocycles. The van der Waals surface area contributed by atoms with Gasteiger partial charge < -0.3 is 10.1 Å². The first-order valence-corrected chi connectivity index (χ1v) is 7.24. The van der Waals surface area contributed by atoms with Crippen molar-refractivity contribution >= 4 is 11.9 Å². The molecule has 22 heavy (non-hydrogen) atoms. The number of nitrogens with one attached hydrogen (secondary N) is 1. The van der Waals surface area contributed by atoms with E-state index in [4.69, 9.17) is 4.74 Å². The summed E-state index contributed by atoms with van der Waals surface area (Å²) in [6.45, 7) is 0.291. The summed E-state index contributed by atoms with van der Waals surface area (Å²) in [5.74, 6) is -0.679. The number of hydrogen-bond acceptors (Lipinski definition) is 3. The van der Waals surface area contributed by atoms with Crippen LogP contribution in [0.5, 0.6) is 0 Å². The van der Waals surface area contributed by atoms with Crippen LogP contribution in [-0.2, 0) is 27.2 Å². The molecule has 0 aliphatic carbocycles. The molecule has 1 N–H and O–H groups in total. The van der Waals surface area contributed by atoms with Gasteiger partial charge in [0.1, 0.15) is 0 Å². The van der Waals surface area contributed by atoms with Gasteiger partial charge in [0.15, 0.2) is 6.61 Å². The van der Waals surface area contributed by atoms with E-state index in [2.05, 4.69) is 5.32 Å². The molecular weight excluding hydrogens is 278 g/mol. The van der Waals surface area contributed by atoms with Gasteiger partial charge in [-0.2, -0.15) is 0 Å². The largest absolute Gasteiger partial charge is 0.455 e. The van der Waals surface area contributed by atoms with E-state index in [0.29, 0.717) is 6.54 Å². The fraction of sp³-hybridized carbons (Fsp3) is 0.222. The van der Waals surface area contributed by atoms with Gasteiger partial charge in [-0.1, -0.05) is 60.7 Å². The zero-order chi connectivity index (χ0) is 15.6. The molecule has 0 atom stereocenters. The summed E-state index contributed by atoms with van der Waals surface area (Å²) >= 11 is 0. The highest BCUT2D eigenvalue weighted by molar-refractivity contribution is 5.81. The number of amides is 1. The molecule has 0 bridgehead atoms. The summed E-state index contributed by atoms with van der Waals surface area (Å²) in [5, 5.41) is 2.73. The number of rotatable bonds is 7. The number of carbonyl (C=O) groups is 2. The first kappa shape index (κ1) is 15.8. The summed E-state index contributed by atoms with van der Waals surface area (Å²) < 4.78 is 4.96. The topological polar surface area (TPSA) is 55.4 Å². The Bertz CT molecular complexity index is 596. The predicted molar refractivity (Wildman–Crippen MR) is 84.3 cm³/mol. The van der Waals surface area contributed by atoms with Crippen molar-refractivity contribution in [2.45, 2.75) is 12.8 Å². The van der Waals surface area contributed by atoms with E-state index in [0.717, 1.165) is 17.5 Å². The Morgan fingerprint density at radius 3 is 2.09 bits per heavy atom. The van der Waals surface area contributed by atoms with E-state index in [9.17, 15) is 9.59 Å². The van der Waals surface area contributed by atoms with E-state index in [1.807, 2.05) is 60.7 Å². The Hall–Kier alpha value is -2.62. The molecule has 4 heteroatoms. The SMILES string of the molecule is O=C(COC(=O)Cc1ccccc1)NCCc1ccccc1. The van der Waals surface area contributed by atoms with E-state index < -0.39 is 5.97 Å². The van der Waals surface area contributed by atoms with Gasteiger partial charge in [0, 0.05) is 6.54 Å².